The Balaban J connectivity index is 2.89. The van der Waals surface area contributed by atoms with E-state index in [9.17, 15) is 0 Å². The number of nitrogens with one attached hydrogen (secondary N) is 1. The van der Waals surface area contributed by atoms with Crippen LogP contribution in [0.1, 0.15) is 59.7 Å². The summed E-state index contributed by atoms with van der Waals surface area (Å²) in [7, 11) is 0. The maximum Gasteiger partial charge on any atom is 0.218 e. The Morgan fingerprint density at radius 2 is 1.89 bits per heavy atom. The minimum atomic E-state index is -0.0766. The number of rotatable bonds is 7. The molecule has 0 aromatic carbocycles. The second-order valence-electron chi connectivity index (χ2n) is 5.79. The van der Waals surface area contributed by atoms with Crippen LogP contribution in [0.5, 0.6) is 5.88 Å². The van der Waals surface area contributed by atoms with E-state index < -0.39 is 0 Å². The number of ether oxygens (including phenoxy) is 1. The average Bonchev–Trinajstić information content (AvgIpc) is 2.35. The summed E-state index contributed by atoms with van der Waals surface area (Å²) in [5, 5.41) is 3.31. The van der Waals surface area contributed by atoms with Gasteiger partial charge in [0.15, 0.2) is 0 Å². The first-order chi connectivity index (χ1) is 8.97. The molecule has 0 aliphatic rings. The standard InChI is InChI=1S/C15H27N3O/c1-6-8-10-19-13-11-12(16-9-7-2)17-14(18-13)15(3,4)5/h11H,6-10H2,1-5H3,(H,16,17,18). The number of aromatic nitrogens is 2. The first-order valence-corrected chi connectivity index (χ1v) is 7.23. The maximum atomic E-state index is 5.71. The van der Waals surface area contributed by atoms with Crippen molar-refractivity contribution in [1.29, 1.82) is 0 Å². The molecule has 4 heteroatoms. The molecule has 0 bridgehead atoms. The predicted octanol–water partition coefficient (Wildman–Crippen LogP) is 3.77. The molecule has 0 fully saturated rings. The number of hydrogen-bond acceptors (Lipinski definition) is 4. The smallest absolute Gasteiger partial charge is 0.218 e. The Labute approximate surface area is 117 Å². The zero-order chi connectivity index (χ0) is 14.3. The number of unbranched alkanes of at least 4 members (excludes halogenated alkanes) is 1. The Morgan fingerprint density at radius 1 is 1.16 bits per heavy atom. The van der Waals surface area contributed by atoms with Gasteiger partial charge in [0.1, 0.15) is 11.6 Å². The summed E-state index contributed by atoms with van der Waals surface area (Å²) in [6.45, 7) is 12.3. The largest absolute Gasteiger partial charge is 0.478 e. The zero-order valence-corrected chi connectivity index (χ0v) is 12.9. The van der Waals surface area contributed by atoms with Gasteiger partial charge in [-0.05, 0) is 12.8 Å². The van der Waals surface area contributed by atoms with Crippen LogP contribution in [-0.2, 0) is 5.41 Å². The van der Waals surface area contributed by atoms with Gasteiger partial charge in [-0.25, -0.2) is 4.98 Å². The van der Waals surface area contributed by atoms with Crippen LogP contribution in [0, 0.1) is 0 Å². The van der Waals surface area contributed by atoms with E-state index in [1.807, 2.05) is 6.07 Å². The summed E-state index contributed by atoms with van der Waals surface area (Å²) in [4.78, 5) is 9.08. The van der Waals surface area contributed by atoms with Crippen molar-refractivity contribution in [2.75, 3.05) is 18.5 Å². The van der Waals surface area contributed by atoms with Crippen LogP contribution < -0.4 is 10.1 Å². The molecule has 0 aliphatic carbocycles. The fraction of sp³-hybridized carbons (Fsp3) is 0.733. The summed E-state index contributed by atoms with van der Waals surface area (Å²) < 4.78 is 5.71. The van der Waals surface area contributed by atoms with Crippen molar-refractivity contribution in [3.8, 4) is 5.88 Å². The van der Waals surface area contributed by atoms with Gasteiger partial charge in [-0.1, -0.05) is 41.0 Å². The van der Waals surface area contributed by atoms with Gasteiger partial charge < -0.3 is 10.1 Å². The molecule has 0 aliphatic heterocycles. The maximum absolute atomic E-state index is 5.71. The van der Waals surface area contributed by atoms with Crippen LogP contribution in [0.25, 0.3) is 0 Å². The van der Waals surface area contributed by atoms with Crippen molar-refractivity contribution in [3.05, 3.63) is 11.9 Å². The van der Waals surface area contributed by atoms with E-state index in [-0.39, 0.29) is 5.41 Å². The van der Waals surface area contributed by atoms with E-state index in [1.165, 1.54) is 0 Å². The zero-order valence-electron chi connectivity index (χ0n) is 12.9. The fourth-order valence-corrected chi connectivity index (χ4v) is 1.50. The topological polar surface area (TPSA) is 47.0 Å². The molecule has 19 heavy (non-hydrogen) atoms. The molecule has 0 amide bonds. The SMILES string of the molecule is CCCCOc1cc(NCCC)nc(C(C)(C)C)n1. The van der Waals surface area contributed by atoms with Gasteiger partial charge in [-0.2, -0.15) is 4.98 Å². The van der Waals surface area contributed by atoms with Gasteiger partial charge in [-0.3, -0.25) is 0 Å². The highest BCUT2D eigenvalue weighted by atomic mass is 16.5. The molecule has 1 aromatic rings. The van der Waals surface area contributed by atoms with Crippen molar-refractivity contribution >= 4 is 5.82 Å². The van der Waals surface area contributed by atoms with Gasteiger partial charge >= 0.3 is 0 Å². The highest BCUT2D eigenvalue weighted by Crippen LogP contribution is 2.23. The Bertz CT molecular complexity index is 385. The lowest BCUT2D eigenvalue weighted by Crippen LogP contribution is -2.18. The molecule has 0 spiro atoms. The van der Waals surface area contributed by atoms with Gasteiger partial charge in [0.25, 0.3) is 0 Å². The van der Waals surface area contributed by atoms with Crippen molar-refractivity contribution in [2.45, 2.75) is 59.3 Å². The monoisotopic (exact) mass is 265 g/mol. The van der Waals surface area contributed by atoms with Gasteiger partial charge in [0.2, 0.25) is 5.88 Å². The van der Waals surface area contributed by atoms with Crippen LogP contribution in [0.15, 0.2) is 6.07 Å². The highest BCUT2D eigenvalue weighted by molar-refractivity contribution is 5.39. The van der Waals surface area contributed by atoms with Crippen molar-refractivity contribution in [2.24, 2.45) is 0 Å². The summed E-state index contributed by atoms with van der Waals surface area (Å²) in [6, 6.07) is 1.89. The molecular weight excluding hydrogens is 238 g/mol. The van der Waals surface area contributed by atoms with Crippen LogP contribution in [-0.4, -0.2) is 23.1 Å². The molecule has 0 saturated carbocycles. The molecule has 1 heterocycles. The minimum Gasteiger partial charge on any atom is -0.478 e. The summed E-state index contributed by atoms with van der Waals surface area (Å²) in [5.41, 5.74) is -0.0766. The number of anilines is 1. The lowest BCUT2D eigenvalue weighted by molar-refractivity contribution is 0.294. The number of nitrogens with zero attached hydrogens (tertiary/aromatic N) is 2. The van der Waals surface area contributed by atoms with E-state index in [4.69, 9.17) is 4.74 Å². The third-order valence-corrected chi connectivity index (χ3v) is 2.68. The summed E-state index contributed by atoms with van der Waals surface area (Å²) in [5.74, 6) is 2.35. The Hall–Kier alpha value is -1.32. The molecule has 1 rings (SSSR count). The predicted molar refractivity (Wildman–Crippen MR) is 79.9 cm³/mol. The second-order valence-corrected chi connectivity index (χ2v) is 5.79. The molecule has 1 aromatic heterocycles. The fourth-order valence-electron chi connectivity index (χ4n) is 1.50. The van der Waals surface area contributed by atoms with Crippen LogP contribution in [0.2, 0.25) is 0 Å². The van der Waals surface area contributed by atoms with Crippen LogP contribution in [0.3, 0.4) is 0 Å². The first kappa shape index (κ1) is 15.7. The van der Waals surface area contributed by atoms with E-state index in [1.54, 1.807) is 0 Å². The van der Waals surface area contributed by atoms with Crippen LogP contribution in [0.4, 0.5) is 5.82 Å². The molecule has 0 radical (unpaired) electrons. The number of hydrogen-bond donors (Lipinski definition) is 1. The van der Waals surface area contributed by atoms with Crippen molar-refractivity contribution in [3.63, 3.8) is 0 Å². The third kappa shape index (κ3) is 5.45. The summed E-state index contributed by atoms with van der Waals surface area (Å²) >= 11 is 0. The normalized spacial score (nSPS) is 11.4. The molecule has 0 saturated heterocycles. The van der Waals surface area contributed by atoms with Gasteiger partial charge in [-0.15, -0.1) is 0 Å². The lowest BCUT2D eigenvalue weighted by atomic mass is 9.96. The molecule has 0 atom stereocenters. The quantitative estimate of drug-likeness (QED) is 0.762. The Kier molecular flexibility index (Phi) is 6.06. The molecular formula is C15H27N3O. The van der Waals surface area contributed by atoms with Crippen LogP contribution >= 0.6 is 0 Å². The lowest BCUT2D eigenvalue weighted by Gasteiger charge is -2.19. The molecule has 108 valence electrons. The second kappa shape index (κ2) is 7.31. The van der Waals surface area contributed by atoms with Gasteiger partial charge in [0, 0.05) is 18.0 Å². The van der Waals surface area contributed by atoms with E-state index in [0.717, 1.165) is 37.4 Å². The first-order valence-electron chi connectivity index (χ1n) is 7.23. The molecule has 0 unspecified atom stereocenters. The molecule has 1 N–H and O–H groups in total. The summed E-state index contributed by atoms with van der Waals surface area (Å²) in [6.07, 6.45) is 3.24. The van der Waals surface area contributed by atoms with E-state index in [2.05, 4.69) is 49.9 Å². The minimum absolute atomic E-state index is 0.0766. The van der Waals surface area contributed by atoms with Gasteiger partial charge in [0.05, 0.1) is 6.61 Å². The molecule has 4 nitrogen and oxygen atoms in total. The Morgan fingerprint density at radius 3 is 2.47 bits per heavy atom. The highest BCUT2D eigenvalue weighted by Gasteiger charge is 2.19. The van der Waals surface area contributed by atoms with E-state index in [0.29, 0.717) is 12.5 Å². The van der Waals surface area contributed by atoms with Crippen molar-refractivity contribution in [1.82, 2.24) is 9.97 Å². The average molecular weight is 265 g/mol. The third-order valence-electron chi connectivity index (χ3n) is 2.68. The van der Waals surface area contributed by atoms with Crippen molar-refractivity contribution < 1.29 is 4.74 Å². The van der Waals surface area contributed by atoms with E-state index >= 15 is 0 Å².